The van der Waals surface area contributed by atoms with E-state index in [-0.39, 0.29) is 0 Å². The van der Waals surface area contributed by atoms with E-state index in [0.29, 0.717) is 43.3 Å². The van der Waals surface area contributed by atoms with Crippen molar-refractivity contribution >= 4 is 17.6 Å². The van der Waals surface area contributed by atoms with Crippen LogP contribution in [0, 0.1) is 5.92 Å². The van der Waals surface area contributed by atoms with Crippen molar-refractivity contribution in [3.8, 4) is 0 Å². The third kappa shape index (κ3) is 5.32. The van der Waals surface area contributed by atoms with E-state index in [4.69, 9.17) is 20.8 Å². The van der Waals surface area contributed by atoms with Crippen molar-refractivity contribution in [3.05, 3.63) is 5.89 Å². The molecule has 1 aromatic heterocycles. The zero-order valence-corrected chi connectivity index (χ0v) is 10.5. The molecule has 0 atom stereocenters. The van der Waals surface area contributed by atoms with Crippen molar-refractivity contribution < 1.29 is 9.15 Å². The zero-order valence-electron chi connectivity index (χ0n) is 9.70. The molecule has 0 spiro atoms. The standard InChI is InChI=1S/C10H18ClN3O2/c1-8(2)7-15-6-5-12-10-14-13-9(16-10)3-4-11/h8H,3-7H2,1-2H3,(H,12,14). The lowest BCUT2D eigenvalue weighted by atomic mass is 10.2. The van der Waals surface area contributed by atoms with Gasteiger partial charge in [-0.2, -0.15) is 0 Å². The predicted molar refractivity (Wildman–Crippen MR) is 62.9 cm³/mol. The second-order valence-corrected chi connectivity index (χ2v) is 4.21. The Morgan fingerprint density at radius 1 is 1.44 bits per heavy atom. The van der Waals surface area contributed by atoms with Gasteiger partial charge in [-0.3, -0.25) is 0 Å². The quantitative estimate of drug-likeness (QED) is 0.562. The van der Waals surface area contributed by atoms with Gasteiger partial charge in [-0.1, -0.05) is 18.9 Å². The summed E-state index contributed by atoms with van der Waals surface area (Å²) in [4.78, 5) is 0. The van der Waals surface area contributed by atoms with Crippen molar-refractivity contribution in [1.82, 2.24) is 10.2 Å². The van der Waals surface area contributed by atoms with E-state index in [1.165, 1.54) is 0 Å². The van der Waals surface area contributed by atoms with Crippen LogP contribution in [0.2, 0.25) is 0 Å². The number of halogens is 1. The molecule has 0 aliphatic heterocycles. The first kappa shape index (κ1) is 13.3. The van der Waals surface area contributed by atoms with Crippen LogP contribution in [-0.4, -0.2) is 35.8 Å². The number of anilines is 1. The number of aromatic nitrogens is 2. The molecule has 16 heavy (non-hydrogen) atoms. The van der Waals surface area contributed by atoms with E-state index in [1.54, 1.807) is 0 Å². The van der Waals surface area contributed by atoms with Crippen LogP contribution < -0.4 is 5.32 Å². The van der Waals surface area contributed by atoms with Crippen LogP contribution in [0.4, 0.5) is 6.01 Å². The lowest BCUT2D eigenvalue weighted by molar-refractivity contribution is 0.118. The fourth-order valence-electron chi connectivity index (χ4n) is 1.06. The zero-order chi connectivity index (χ0) is 11.8. The number of rotatable bonds is 8. The number of alkyl halides is 1. The maximum Gasteiger partial charge on any atom is 0.315 e. The van der Waals surface area contributed by atoms with Gasteiger partial charge in [0.2, 0.25) is 5.89 Å². The van der Waals surface area contributed by atoms with E-state index >= 15 is 0 Å². The second kappa shape index (κ2) is 7.46. The van der Waals surface area contributed by atoms with Crippen LogP contribution in [0.3, 0.4) is 0 Å². The maximum absolute atomic E-state index is 5.55. The van der Waals surface area contributed by atoms with E-state index in [9.17, 15) is 0 Å². The molecular weight excluding hydrogens is 230 g/mol. The highest BCUT2D eigenvalue weighted by Gasteiger charge is 2.04. The largest absolute Gasteiger partial charge is 0.408 e. The van der Waals surface area contributed by atoms with Crippen LogP contribution >= 0.6 is 11.6 Å². The molecular formula is C10H18ClN3O2. The normalized spacial score (nSPS) is 11.0. The molecule has 1 heterocycles. The molecule has 5 nitrogen and oxygen atoms in total. The topological polar surface area (TPSA) is 60.2 Å². The smallest absolute Gasteiger partial charge is 0.315 e. The molecule has 1 rings (SSSR count). The highest BCUT2D eigenvalue weighted by Crippen LogP contribution is 2.05. The number of aryl methyl sites for hydroxylation is 1. The van der Waals surface area contributed by atoms with Crippen LogP contribution in [0.25, 0.3) is 0 Å². The molecule has 1 aromatic rings. The van der Waals surface area contributed by atoms with Crippen LogP contribution in [0.15, 0.2) is 4.42 Å². The molecule has 0 aromatic carbocycles. The molecule has 0 aliphatic carbocycles. The van der Waals surface area contributed by atoms with Gasteiger partial charge in [0.05, 0.1) is 6.61 Å². The van der Waals surface area contributed by atoms with Crippen molar-refractivity contribution in [2.45, 2.75) is 20.3 Å². The van der Waals surface area contributed by atoms with Crippen molar-refractivity contribution in [1.29, 1.82) is 0 Å². The van der Waals surface area contributed by atoms with Crippen molar-refractivity contribution in [2.24, 2.45) is 5.92 Å². The Hall–Kier alpha value is -0.810. The second-order valence-electron chi connectivity index (χ2n) is 3.84. The molecule has 0 unspecified atom stereocenters. The molecule has 0 bridgehead atoms. The van der Waals surface area contributed by atoms with Gasteiger partial charge in [-0.15, -0.1) is 16.7 Å². The Balaban J connectivity index is 2.12. The van der Waals surface area contributed by atoms with E-state index < -0.39 is 0 Å². The maximum atomic E-state index is 5.55. The summed E-state index contributed by atoms with van der Waals surface area (Å²) in [5, 5.41) is 10.6. The summed E-state index contributed by atoms with van der Waals surface area (Å²) in [6.07, 6.45) is 0.597. The first-order valence-electron chi connectivity index (χ1n) is 5.42. The Kier molecular flexibility index (Phi) is 6.18. The van der Waals surface area contributed by atoms with Gasteiger partial charge in [0, 0.05) is 25.5 Å². The van der Waals surface area contributed by atoms with E-state index in [1.807, 2.05) is 0 Å². The summed E-state index contributed by atoms with van der Waals surface area (Å²) in [7, 11) is 0. The van der Waals surface area contributed by atoms with Gasteiger partial charge in [0.25, 0.3) is 0 Å². The summed E-state index contributed by atoms with van der Waals surface area (Å²) in [5.74, 6) is 1.60. The first-order chi connectivity index (χ1) is 7.72. The third-order valence-electron chi connectivity index (χ3n) is 1.75. The first-order valence-corrected chi connectivity index (χ1v) is 5.95. The molecule has 92 valence electrons. The van der Waals surface area contributed by atoms with Gasteiger partial charge in [0.15, 0.2) is 0 Å². The highest BCUT2D eigenvalue weighted by molar-refractivity contribution is 6.17. The van der Waals surface area contributed by atoms with Gasteiger partial charge < -0.3 is 14.5 Å². The number of nitrogens with zero attached hydrogens (tertiary/aromatic N) is 2. The molecule has 1 N–H and O–H groups in total. The molecule has 6 heteroatoms. The van der Waals surface area contributed by atoms with Crippen LogP contribution in [0.5, 0.6) is 0 Å². The van der Waals surface area contributed by atoms with Gasteiger partial charge in [-0.25, -0.2) is 0 Å². The molecule has 0 fully saturated rings. The molecule has 0 amide bonds. The SMILES string of the molecule is CC(C)COCCNc1nnc(CCCl)o1. The summed E-state index contributed by atoms with van der Waals surface area (Å²) in [6, 6.07) is 0.424. The fraction of sp³-hybridized carbons (Fsp3) is 0.800. The van der Waals surface area contributed by atoms with Gasteiger partial charge >= 0.3 is 6.01 Å². The van der Waals surface area contributed by atoms with E-state index in [0.717, 1.165) is 6.61 Å². The van der Waals surface area contributed by atoms with E-state index in [2.05, 4.69) is 29.4 Å². The Bertz CT molecular complexity index is 291. The molecule has 0 aliphatic rings. The van der Waals surface area contributed by atoms with Gasteiger partial charge in [0.1, 0.15) is 0 Å². The summed E-state index contributed by atoms with van der Waals surface area (Å²) in [6.45, 7) is 6.29. The van der Waals surface area contributed by atoms with Crippen molar-refractivity contribution in [3.63, 3.8) is 0 Å². The Labute approximate surface area is 101 Å². The summed E-state index contributed by atoms with van der Waals surface area (Å²) >= 11 is 5.55. The Morgan fingerprint density at radius 2 is 2.25 bits per heavy atom. The lowest BCUT2D eigenvalue weighted by Crippen LogP contribution is -2.12. The average Bonchev–Trinajstić information content (AvgIpc) is 2.65. The lowest BCUT2D eigenvalue weighted by Gasteiger charge is -2.06. The summed E-state index contributed by atoms with van der Waals surface area (Å²) in [5.41, 5.74) is 0. The minimum Gasteiger partial charge on any atom is -0.408 e. The number of hydrogen-bond acceptors (Lipinski definition) is 5. The number of hydrogen-bond donors (Lipinski definition) is 1. The number of ether oxygens (including phenoxy) is 1. The van der Waals surface area contributed by atoms with Gasteiger partial charge in [-0.05, 0) is 5.92 Å². The minimum atomic E-state index is 0.424. The number of nitrogens with one attached hydrogen (secondary N) is 1. The molecule has 0 saturated carbocycles. The monoisotopic (exact) mass is 247 g/mol. The Morgan fingerprint density at radius 3 is 2.94 bits per heavy atom. The van der Waals surface area contributed by atoms with Crippen LogP contribution in [-0.2, 0) is 11.2 Å². The average molecular weight is 248 g/mol. The molecule has 0 saturated heterocycles. The van der Waals surface area contributed by atoms with Crippen LogP contribution in [0.1, 0.15) is 19.7 Å². The molecule has 0 radical (unpaired) electrons. The minimum absolute atomic E-state index is 0.424. The fourth-order valence-corrected chi connectivity index (χ4v) is 1.22. The third-order valence-corrected chi connectivity index (χ3v) is 1.94. The highest BCUT2D eigenvalue weighted by atomic mass is 35.5. The summed E-state index contributed by atoms with van der Waals surface area (Å²) < 4.78 is 10.7. The van der Waals surface area contributed by atoms with Crippen molar-refractivity contribution in [2.75, 3.05) is 31.0 Å². The predicted octanol–water partition coefficient (Wildman–Crippen LogP) is 1.94.